The van der Waals surface area contributed by atoms with Gasteiger partial charge in [0, 0.05) is 5.56 Å². The molecule has 4 aromatic rings. The van der Waals surface area contributed by atoms with E-state index in [1.54, 1.807) is 24.4 Å². The Bertz CT molecular complexity index is 1380. The predicted octanol–water partition coefficient (Wildman–Crippen LogP) is 4.11. The third-order valence-electron chi connectivity index (χ3n) is 4.33. The Morgan fingerprint density at radius 1 is 1.11 bits per heavy atom. The summed E-state index contributed by atoms with van der Waals surface area (Å²) in [5.41, 5.74) is 1.11. The molecule has 6 heteroatoms. The van der Waals surface area contributed by atoms with E-state index in [-0.39, 0.29) is 16.9 Å². The van der Waals surface area contributed by atoms with Crippen molar-refractivity contribution in [2.45, 2.75) is 0 Å². The average Bonchev–Trinajstić information content (AvgIpc) is 2.72. The van der Waals surface area contributed by atoms with Crippen molar-refractivity contribution in [1.29, 1.82) is 0 Å². The zero-order chi connectivity index (χ0) is 19.5. The lowest BCUT2D eigenvalue weighted by Gasteiger charge is -2.10. The van der Waals surface area contributed by atoms with Crippen molar-refractivity contribution < 1.29 is 4.74 Å². The predicted molar refractivity (Wildman–Crippen MR) is 115 cm³/mol. The number of benzene rings is 3. The van der Waals surface area contributed by atoms with Gasteiger partial charge < -0.3 is 9.72 Å². The highest BCUT2D eigenvalue weighted by Gasteiger charge is 2.08. The molecule has 1 heterocycles. The molecule has 0 spiro atoms. The summed E-state index contributed by atoms with van der Waals surface area (Å²) in [7, 11) is 0. The first kappa shape index (κ1) is 17.7. The van der Waals surface area contributed by atoms with Crippen molar-refractivity contribution in [3.05, 3.63) is 81.4 Å². The number of aromatic nitrogens is 2. The maximum atomic E-state index is 12.8. The van der Waals surface area contributed by atoms with Crippen LogP contribution in [0.1, 0.15) is 5.56 Å². The number of para-hydroxylation sites is 1. The summed E-state index contributed by atoms with van der Waals surface area (Å²) in [5, 5.41) is 6.82. The summed E-state index contributed by atoms with van der Waals surface area (Å²) < 4.78 is 7.05. The molecule has 1 N–H and O–H groups in total. The molecule has 0 unspecified atom stereocenters. The van der Waals surface area contributed by atoms with Crippen molar-refractivity contribution in [1.82, 2.24) is 9.66 Å². The maximum absolute atomic E-state index is 12.8. The van der Waals surface area contributed by atoms with Crippen LogP contribution in [-0.2, 0) is 0 Å². The van der Waals surface area contributed by atoms with Gasteiger partial charge in [-0.05, 0) is 41.2 Å². The van der Waals surface area contributed by atoms with Crippen LogP contribution in [0.5, 0.6) is 5.75 Å². The van der Waals surface area contributed by atoms with Crippen LogP contribution < -0.4 is 10.3 Å². The van der Waals surface area contributed by atoms with Gasteiger partial charge in [-0.15, -0.1) is 6.42 Å². The summed E-state index contributed by atoms with van der Waals surface area (Å²) >= 11 is 5.32. The van der Waals surface area contributed by atoms with Crippen molar-refractivity contribution in [2.24, 2.45) is 5.10 Å². The standard InChI is InChI=1S/C22H15N3O2S/c1-2-13-27-20-12-11-15-7-3-4-8-16(15)18(20)14-23-25-21(26)17-9-5-6-10-19(17)24-22(25)28/h1,3-12,14H,13H2,(H,24,28). The molecular weight excluding hydrogens is 370 g/mol. The lowest BCUT2D eigenvalue weighted by atomic mass is 10.0. The third kappa shape index (κ3) is 3.20. The molecule has 0 amide bonds. The van der Waals surface area contributed by atoms with E-state index in [0.29, 0.717) is 16.7 Å². The van der Waals surface area contributed by atoms with Crippen LogP contribution in [0.25, 0.3) is 21.7 Å². The summed E-state index contributed by atoms with van der Waals surface area (Å²) in [6.07, 6.45) is 6.90. The second-order valence-corrected chi connectivity index (χ2v) is 6.42. The lowest BCUT2D eigenvalue weighted by Crippen LogP contribution is -2.18. The fourth-order valence-electron chi connectivity index (χ4n) is 3.03. The van der Waals surface area contributed by atoms with Gasteiger partial charge in [0.05, 0.1) is 17.1 Å². The van der Waals surface area contributed by atoms with Crippen LogP contribution in [-0.4, -0.2) is 22.5 Å². The second kappa shape index (κ2) is 7.51. The lowest BCUT2D eigenvalue weighted by molar-refractivity contribution is 0.370. The molecule has 0 aliphatic rings. The fourth-order valence-corrected chi connectivity index (χ4v) is 3.27. The van der Waals surface area contributed by atoms with Gasteiger partial charge in [-0.3, -0.25) is 4.79 Å². The Balaban J connectivity index is 1.90. The first-order valence-corrected chi connectivity index (χ1v) is 8.96. The average molecular weight is 385 g/mol. The van der Waals surface area contributed by atoms with Gasteiger partial charge in [0.25, 0.3) is 5.56 Å². The number of aromatic amines is 1. The molecule has 1 aromatic heterocycles. The van der Waals surface area contributed by atoms with Crippen molar-refractivity contribution in [3.63, 3.8) is 0 Å². The van der Waals surface area contributed by atoms with E-state index in [1.807, 2.05) is 42.5 Å². The van der Waals surface area contributed by atoms with Crippen LogP contribution in [0, 0.1) is 17.1 Å². The van der Waals surface area contributed by atoms with Gasteiger partial charge in [0.15, 0.2) is 0 Å². The molecule has 28 heavy (non-hydrogen) atoms. The number of nitrogens with one attached hydrogen (secondary N) is 1. The summed E-state index contributed by atoms with van der Waals surface area (Å²) in [5.74, 6) is 3.05. The van der Waals surface area contributed by atoms with Crippen LogP contribution in [0.2, 0.25) is 0 Å². The summed E-state index contributed by atoms with van der Waals surface area (Å²) in [6.45, 7) is 0.134. The molecule has 5 nitrogen and oxygen atoms in total. The largest absolute Gasteiger partial charge is 0.480 e. The zero-order valence-corrected chi connectivity index (χ0v) is 15.6. The Hall–Kier alpha value is -3.69. The number of fused-ring (bicyclic) bond motifs is 2. The smallest absolute Gasteiger partial charge is 0.282 e. The Kier molecular flexibility index (Phi) is 4.75. The molecular formula is C22H15N3O2S. The van der Waals surface area contributed by atoms with E-state index >= 15 is 0 Å². The minimum Gasteiger partial charge on any atom is -0.480 e. The molecule has 0 radical (unpaired) electrons. The normalized spacial score (nSPS) is 11.1. The van der Waals surface area contributed by atoms with Gasteiger partial charge >= 0.3 is 0 Å². The molecule has 0 bridgehead atoms. The van der Waals surface area contributed by atoms with Gasteiger partial charge in [-0.2, -0.15) is 9.78 Å². The number of hydrogen-bond donors (Lipinski definition) is 1. The zero-order valence-electron chi connectivity index (χ0n) is 14.8. The Labute approximate surface area is 165 Å². The van der Waals surface area contributed by atoms with Crippen LogP contribution in [0.4, 0.5) is 0 Å². The first-order valence-electron chi connectivity index (χ1n) is 8.55. The number of terminal acetylenes is 1. The molecule has 136 valence electrons. The SMILES string of the molecule is C#CCOc1ccc2ccccc2c1C=Nn1c(=S)[nH]c2ccccc2c1=O. The first-order chi connectivity index (χ1) is 13.7. The van der Waals surface area contributed by atoms with Crippen molar-refractivity contribution in [2.75, 3.05) is 6.61 Å². The van der Waals surface area contributed by atoms with E-state index in [1.165, 1.54) is 4.68 Å². The van der Waals surface area contributed by atoms with Crippen LogP contribution in [0.3, 0.4) is 0 Å². The van der Waals surface area contributed by atoms with E-state index in [9.17, 15) is 4.79 Å². The molecule has 3 aromatic carbocycles. The fraction of sp³-hybridized carbons (Fsp3) is 0.0455. The minimum absolute atomic E-state index is 0.134. The highest BCUT2D eigenvalue weighted by molar-refractivity contribution is 7.71. The molecule has 0 saturated heterocycles. The van der Waals surface area contributed by atoms with Crippen LogP contribution >= 0.6 is 12.2 Å². The number of rotatable bonds is 4. The van der Waals surface area contributed by atoms with Crippen molar-refractivity contribution >= 4 is 40.1 Å². The van der Waals surface area contributed by atoms with Crippen molar-refractivity contribution in [3.8, 4) is 18.1 Å². The number of hydrogen-bond acceptors (Lipinski definition) is 4. The molecule has 0 aliphatic heterocycles. The number of H-pyrrole nitrogens is 1. The Morgan fingerprint density at radius 2 is 1.86 bits per heavy atom. The highest BCUT2D eigenvalue weighted by Crippen LogP contribution is 2.26. The van der Waals surface area contributed by atoms with E-state index < -0.39 is 0 Å². The topological polar surface area (TPSA) is 59.4 Å². The van der Waals surface area contributed by atoms with Gasteiger partial charge in [0.1, 0.15) is 12.4 Å². The third-order valence-corrected chi connectivity index (χ3v) is 4.60. The van der Waals surface area contributed by atoms with Gasteiger partial charge in [0.2, 0.25) is 4.77 Å². The number of ether oxygens (including phenoxy) is 1. The molecule has 0 atom stereocenters. The monoisotopic (exact) mass is 385 g/mol. The summed E-state index contributed by atoms with van der Waals surface area (Å²) in [4.78, 5) is 15.8. The molecule has 0 aliphatic carbocycles. The van der Waals surface area contributed by atoms with Gasteiger partial charge in [-0.1, -0.05) is 48.4 Å². The van der Waals surface area contributed by atoms with E-state index in [4.69, 9.17) is 23.4 Å². The molecule has 0 saturated carbocycles. The van der Waals surface area contributed by atoms with E-state index in [2.05, 4.69) is 16.0 Å². The quantitative estimate of drug-likeness (QED) is 0.327. The minimum atomic E-state index is -0.290. The van der Waals surface area contributed by atoms with E-state index in [0.717, 1.165) is 16.3 Å². The summed E-state index contributed by atoms with van der Waals surface area (Å²) in [6, 6.07) is 18.8. The van der Waals surface area contributed by atoms with Crippen LogP contribution in [0.15, 0.2) is 70.6 Å². The number of nitrogens with zero attached hydrogens (tertiary/aromatic N) is 2. The van der Waals surface area contributed by atoms with Gasteiger partial charge in [-0.25, -0.2) is 0 Å². The second-order valence-electron chi connectivity index (χ2n) is 6.03. The highest BCUT2D eigenvalue weighted by atomic mass is 32.1. The molecule has 4 rings (SSSR count). The Morgan fingerprint density at radius 3 is 2.68 bits per heavy atom. The molecule has 0 fully saturated rings. The maximum Gasteiger partial charge on any atom is 0.282 e.